The Morgan fingerprint density at radius 3 is 2.14 bits per heavy atom. The van der Waals surface area contributed by atoms with E-state index in [0.717, 1.165) is 0 Å². The van der Waals surface area contributed by atoms with Gasteiger partial charge in [-0.15, -0.1) is 0 Å². The molecule has 0 aromatic rings. The lowest BCUT2D eigenvalue weighted by Crippen LogP contribution is -2.53. The Kier molecular flexibility index (Phi) is 4.27. The smallest absolute Gasteiger partial charge is 0.325 e. The average molecular weight is 225 g/mol. The fourth-order valence-corrected chi connectivity index (χ4v) is 1.63. The number of aliphatic carboxylic acids is 1. The van der Waals surface area contributed by atoms with Crippen LogP contribution in [0.15, 0.2) is 0 Å². The van der Waals surface area contributed by atoms with Gasteiger partial charge in [0.2, 0.25) is 0 Å². The van der Waals surface area contributed by atoms with Gasteiger partial charge < -0.3 is 20.6 Å². The molecular formula is C7H16NO5P. The Balaban J connectivity index is 4.56. The van der Waals surface area contributed by atoms with Gasteiger partial charge in [-0.3, -0.25) is 9.36 Å². The van der Waals surface area contributed by atoms with Crippen LogP contribution in [0.25, 0.3) is 0 Å². The summed E-state index contributed by atoms with van der Waals surface area (Å²) in [6.45, 7) is 3.21. The van der Waals surface area contributed by atoms with Crippen LogP contribution in [0.1, 0.15) is 20.3 Å². The standard InChI is InChI=1S/C7H16NO5P/c1-5(2)7(8,6(9)10)3-4-14(11,12)13/h5H,3-4,8H2,1-2H3,(H,9,10)(H2,11,12,13)/t7-/m1/s1. The molecule has 0 spiro atoms. The summed E-state index contributed by atoms with van der Waals surface area (Å²) in [5, 5.41) is 8.82. The number of carboxylic acid groups (broad SMARTS) is 1. The quantitative estimate of drug-likeness (QED) is 0.488. The van der Waals surface area contributed by atoms with E-state index < -0.39 is 25.3 Å². The van der Waals surface area contributed by atoms with Crippen LogP contribution in [0.5, 0.6) is 0 Å². The third-order valence-corrected chi connectivity index (χ3v) is 3.05. The van der Waals surface area contributed by atoms with Crippen LogP contribution in [0, 0.1) is 5.92 Å². The molecule has 0 bridgehead atoms. The summed E-state index contributed by atoms with van der Waals surface area (Å²) in [4.78, 5) is 28.0. The van der Waals surface area contributed by atoms with Crippen LogP contribution in [-0.4, -0.2) is 32.6 Å². The zero-order valence-corrected chi connectivity index (χ0v) is 9.07. The lowest BCUT2D eigenvalue weighted by Gasteiger charge is -2.28. The number of carboxylic acids is 1. The van der Waals surface area contributed by atoms with Crippen molar-refractivity contribution in [2.24, 2.45) is 11.7 Å². The van der Waals surface area contributed by atoms with Crippen molar-refractivity contribution in [1.82, 2.24) is 0 Å². The second-order valence-corrected chi connectivity index (χ2v) is 5.42. The van der Waals surface area contributed by atoms with Crippen molar-refractivity contribution < 1.29 is 24.3 Å². The lowest BCUT2D eigenvalue weighted by atomic mass is 9.85. The number of rotatable bonds is 5. The first-order valence-corrected chi connectivity index (χ1v) is 5.96. The van der Waals surface area contributed by atoms with Crippen LogP contribution in [0.4, 0.5) is 0 Å². The number of nitrogens with two attached hydrogens (primary N) is 1. The molecule has 0 aliphatic carbocycles. The summed E-state index contributed by atoms with van der Waals surface area (Å²) in [5.41, 5.74) is 3.98. The van der Waals surface area contributed by atoms with Crippen LogP contribution >= 0.6 is 7.60 Å². The van der Waals surface area contributed by atoms with Gasteiger partial charge in [-0.25, -0.2) is 0 Å². The SMILES string of the molecule is CC(C)[C@](N)(CCP(=O)(O)O)C(=O)O. The first kappa shape index (κ1) is 13.6. The minimum absolute atomic E-state index is 0.232. The van der Waals surface area contributed by atoms with Gasteiger partial charge in [0.05, 0.1) is 6.16 Å². The van der Waals surface area contributed by atoms with Gasteiger partial charge in [0, 0.05) is 0 Å². The van der Waals surface area contributed by atoms with Crippen LogP contribution < -0.4 is 5.73 Å². The van der Waals surface area contributed by atoms with Gasteiger partial charge in [0.15, 0.2) is 0 Å². The molecule has 0 rings (SSSR count). The maximum Gasteiger partial charge on any atom is 0.325 e. The van der Waals surface area contributed by atoms with Gasteiger partial charge in [-0.2, -0.15) is 0 Å². The van der Waals surface area contributed by atoms with Gasteiger partial charge >= 0.3 is 13.6 Å². The van der Waals surface area contributed by atoms with Crippen molar-refractivity contribution in [3.63, 3.8) is 0 Å². The Bertz CT molecular complexity index is 261. The van der Waals surface area contributed by atoms with E-state index in [9.17, 15) is 9.36 Å². The van der Waals surface area contributed by atoms with Crippen molar-refractivity contribution in [3.05, 3.63) is 0 Å². The predicted octanol–water partition coefficient (Wildman–Crippen LogP) is -0.00770. The number of carbonyl (C=O) groups is 1. The van der Waals surface area contributed by atoms with E-state index in [-0.39, 0.29) is 12.3 Å². The van der Waals surface area contributed by atoms with Crippen LogP contribution in [0.2, 0.25) is 0 Å². The van der Waals surface area contributed by atoms with E-state index in [1.54, 1.807) is 13.8 Å². The fourth-order valence-electron chi connectivity index (χ4n) is 0.973. The molecule has 0 saturated carbocycles. The van der Waals surface area contributed by atoms with Gasteiger partial charge in [0.25, 0.3) is 0 Å². The minimum Gasteiger partial charge on any atom is -0.480 e. The molecule has 0 fully saturated rings. The Hall–Kier alpha value is -0.420. The molecule has 14 heavy (non-hydrogen) atoms. The highest BCUT2D eigenvalue weighted by atomic mass is 31.2. The van der Waals surface area contributed by atoms with E-state index in [4.69, 9.17) is 20.6 Å². The van der Waals surface area contributed by atoms with E-state index in [2.05, 4.69) is 0 Å². The van der Waals surface area contributed by atoms with Crippen molar-refractivity contribution in [1.29, 1.82) is 0 Å². The van der Waals surface area contributed by atoms with Crippen LogP contribution in [-0.2, 0) is 9.36 Å². The largest absolute Gasteiger partial charge is 0.480 e. The number of hydrogen-bond donors (Lipinski definition) is 4. The zero-order valence-electron chi connectivity index (χ0n) is 8.17. The summed E-state index contributed by atoms with van der Waals surface area (Å²) >= 11 is 0. The summed E-state index contributed by atoms with van der Waals surface area (Å²) < 4.78 is 10.6. The van der Waals surface area contributed by atoms with Crippen LogP contribution in [0.3, 0.4) is 0 Å². The third kappa shape index (κ3) is 3.75. The molecule has 84 valence electrons. The predicted molar refractivity (Wildman–Crippen MR) is 50.9 cm³/mol. The lowest BCUT2D eigenvalue weighted by molar-refractivity contribution is -0.145. The van der Waals surface area contributed by atoms with Gasteiger partial charge in [0.1, 0.15) is 5.54 Å². The molecule has 7 heteroatoms. The van der Waals surface area contributed by atoms with Crippen molar-refractivity contribution in [2.75, 3.05) is 6.16 Å². The molecule has 0 aliphatic rings. The van der Waals surface area contributed by atoms with Gasteiger partial charge in [-0.1, -0.05) is 13.8 Å². The highest BCUT2D eigenvalue weighted by Crippen LogP contribution is 2.37. The van der Waals surface area contributed by atoms with Crippen molar-refractivity contribution in [3.8, 4) is 0 Å². The normalized spacial score (nSPS) is 16.7. The second kappa shape index (κ2) is 4.40. The maximum absolute atomic E-state index is 10.8. The summed E-state index contributed by atoms with van der Waals surface area (Å²) in [7, 11) is -4.18. The molecule has 0 saturated heterocycles. The Morgan fingerprint density at radius 2 is 1.93 bits per heavy atom. The molecule has 0 aromatic heterocycles. The van der Waals surface area contributed by atoms with E-state index in [0.29, 0.717) is 0 Å². The maximum atomic E-state index is 10.8. The third-order valence-electron chi connectivity index (χ3n) is 2.25. The molecule has 6 nitrogen and oxygen atoms in total. The topological polar surface area (TPSA) is 121 Å². The highest BCUT2D eigenvalue weighted by molar-refractivity contribution is 7.51. The Morgan fingerprint density at radius 1 is 1.50 bits per heavy atom. The molecule has 0 aromatic carbocycles. The van der Waals surface area contributed by atoms with E-state index in [1.807, 2.05) is 0 Å². The average Bonchev–Trinajstić information content (AvgIpc) is 1.97. The van der Waals surface area contributed by atoms with E-state index in [1.165, 1.54) is 0 Å². The molecule has 0 amide bonds. The molecular weight excluding hydrogens is 209 g/mol. The minimum atomic E-state index is -4.18. The Labute approximate surface area is 82.3 Å². The molecule has 5 N–H and O–H groups in total. The number of hydrogen-bond acceptors (Lipinski definition) is 3. The first-order chi connectivity index (χ1) is 6.09. The van der Waals surface area contributed by atoms with Gasteiger partial charge in [-0.05, 0) is 12.3 Å². The zero-order chi connectivity index (χ0) is 11.6. The molecule has 1 atom stereocenters. The molecule has 0 heterocycles. The summed E-state index contributed by atoms with van der Waals surface area (Å²) in [5.74, 6) is -1.62. The second-order valence-electron chi connectivity index (χ2n) is 3.64. The molecule has 0 radical (unpaired) electrons. The first-order valence-electron chi connectivity index (χ1n) is 4.16. The van der Waals surface area contributed by atoms with Crippen molar-refractivity contribution >= 4 is 13.6 Å². The molecule has 0 aliphatic heterocycles. The highest BCUT2D eigenvalue weighted by Gasteiger charge is 2.38. The van der Waals surface area contributed by atoms with E-state index >= 15 is 0 Å². The monoisotopic (exact) mass is 225 g/mol. The van der Waals surface area contributed by atoms with Crippen molar-refractivity contribution in [2.45, 2.75) is 25.8 Å². The summed E-state index contributed by atoms with van der Waals surface area (Å²) in [6.07, 6.45) is -0.738. The fraction of sp³-hybridized carbons (Fsp3) is 0.857. The molecule has 0 unspecified atom stereocenters. The summed E-state index contributed by atoms with van der Waals surface area (Å²) in [6, 6.07) is 0.